The van der Waals surface area contributed by atoms with Gasteiger partial charge in [-0.2, -0.15) is 0 Å². The molecule has 2 aromatic carbocycles. The smallest absolute Gasteiger partial charge is 0.343 e. The Morgan fingerprint density at radius 1 is 1.12 bits per heavy atom. The third kappa shape index (κ3) is 6.17. The molecule has 2 unspecified atom stereocenters. The van der Waals surface area contributed by atoms with E-state index in [2.05, 4.69) is 0 Å². The van der Waals surface area contributed by atoms with E-state index in [-0.39, 0.29) is 26.0 Å². The number of anilines is 1. The highest BCUT2D eigenvalue weighted by Crippen LogP contribution is 2.64. The lowest BCUT2D eigenvalue weighted by Crippen LogP contribution is -2.55. The minimum absolute atomic E-state index is 0.182. The van der Waals surface area contributed by atoms with Gasteiger partial charge in [0.15, 0.2) is 5.16 Å². The van der Waals surface area contributed by atoms with Crippen LogP contribution in [-0.4, -0.2) is 65.1 Å². The van der Waals surface area contributed by atoms with Crippen molar-refractivity contribution in [2.45, 2.75) is 76.1 Å². The molecule has 1 aliphatic carbocycles. The Bertz CT molecular complexity index is 1260. The molecule has 2 amide bonds. The average molecular weight is 571 g/mol. The van der Waals surface area contributed by atoms with Crippen LogP contribution < -0.4 is 4.90 Å². The van der Waals surface area contributed by atoms with Crippen LogP contribution >= 0.6 is 7.60 Å². The largest absolute Gasteiger partial charge is 0.465 e. The molecule has 0 saturated heterocycles. The van der Waals surface area contributed by atoms with Gasteiger partial charge in [-0.15, -0.1) is 0 Å². The van der Waals surface area contributed by atoms with Crippen LogP contribution in [0.5, 0.6) is 0 Å². The van der Waals surface area contributed by atoms with Crippen LogP contribution in [-0.2, 0) is 41.1 Å². The van der Waals surface area contributed by atoms with Gasteiger partial charge in [0.1, 0.15) is 12.6 Å². The second-order valence-electron chi connectivity index (χ2n) is 10.7. The number of aryl methyl sites for hydroxylation is 1. The Kier molecular flexibility index (Phi) is 9.49. The summed E-state index contributed by atoms with van der Waals surface area (Å²) >= 11 is 0. The highest BCUT2D eigenvalue weighted by atomic mass is 31.2. The second-order valence-corrected chi connectivity index (χ2v) is 12.8. The van der Waals surface area contributed by atoms with Gasteiger partial charge in [0.2, 0.25) is 11.8 Å². The fourth-order valence-electron chi connectivity index (χ4n) is 5.93. The van der Waals surface area contributed by atoms with E-state index < -0.39 is 42.7 Å². The molecule has 0 aromatic heterocycles. The molecule has 10 heteroatoms. The Morgan fingerprint density at radius 2 is 1.77 bits per heavy atom. The van der Waals surface area contributed by atoms with Gasteiger partial charge in [-0.1, -0.05) is 61.4 Å². The van der Waals surface area contributed by atoms with E-state index in [1.807, 2.05) is 42.5 Å². The number of amides is 2. The number of carbonyl (C=O) groups excluding carboxylic acids is 3. The lowest BCUT2D eigenvalue weighted by Gasteiger charge is -2.39. The molecule has 0 spiro atoms. The summed E-state index contributed by atoms with van der Waals surface area (Å²) in [4.78, 5) is 54.5. The molecule has 216 valence electrons. The van der Waals surface area contributed by atoms with Crippen LogP contribution in [0.3, 0.4) is 0 Å². The molecular weight excluding hydrogens is 531 g/mol. The first-order valence-electron chi connectivity index (χ1n) is 14.0. The Hall–Kier alpha value is -3.00. The number of rotatable bonds is 10. The van der Waals surface area contributed by atoms with Crippen LogP contribution in [0.4, 0.5) is 5.69 Å². The normalized spacial score (nSPS) is 20.6. The molecule has 2 aromatic rings. The van der Waals surface area contributed by atoms with E-state index in [9.17, 15) is 23.8 Å². The molecule has 0 bridgehead atoms. The lowest BCUT2D eigenvalue weighted by atomic mass is 10.0. The van der Waals surface area contributed by atoms with E-state index >= 15 is 0 Å². The average Bonchev–Trinajstić information content (AvgIpc) is 3.39. The SMILES string of the molecule is CCOC(=O)CN1C(=O)[C@@H](N(C)C(=O)C2(P(=O)(O)OC(C)Cc3ccccc3)CCCC2)CCc2ccccc21. The van der Waals surface area contributed by atoms with Crippen LogP contribution in [0, 0.1) is 0 Å². The summed E-state index contributed by atoms with van der Waals surface area (Å²) in [5.41, 5.74) is 2.44. The standard InChI is InChI=1S/C30H39N2O7P/c1-4-38-27(33)21-32-25-15-9-8-14-24(25)16-17-26(28(32)34)31(3)29(35)30(18-10-11-19-30)40(36,37)39-22(2)20-23-12-6-5-7-13-23/h5-9,12-15,22,26H,4,10-11,16-21H2,1-3H3,(H,36,37)/t22?,26-/m0/s1. The maximum absolute atomic E-state index is 14.2. The van der Waals surface area contributed by atoms with Crippen molar-refractivity contribution in [3.05, 3.63) is 65.7 Å². The van der Waals surface area contributed by atoms with Crippen molar-refractivity contribution < 1.29 is 33.1 Å². The zero-order chi connectivity index (χ0) is 28.9. The Morgan fingerprint density at radius 3 is 2.45 bits per heavy atom. The highest BCUT2D eigenvalue weighted by molar-refractivity contribution is 7.55. The highest BCUT2D eigenvalue weighted by Gasteiger charge is 2.59. The van der Waals surface area contributed by atoms with Gasteiger partial charge >= 0.3 is 13.6 Å². The summed E-state index contributed by atoms with van der Waals surface area (Å²) in [5.74, 6) is -1.54. The number of likely N-dealkylation sites (N-methyl/N-ethyl adjacent to an activating group) is 1. The maximum Gasteiger partial charge on any atom is 0.343 e. The van der Waals surface area contributed by atoms with Crippen LogP contribution in [0.2, 0.25) is 0 Å². The number of esters is 1. The molecule has 4 rings (SSSR count). The number of benzene rings is 2. The van der Waals surface area contributed by atoms with Crippen molar-refractivity contribution in [3.63, 3.8) is 0 Å². The summed E-state index contributed by atoms with van der Waals surface area (Å²) < 4.78 is 24.8. The Balaban J connectivity index is 1.59. The Labute approximate surface area is 236 Å². The van der Waals surface area contributed by atoms with Crippen molar-refractivity contribution in [3.8, 4) is 0 Å². The monoisotopic (exact) mass is 570 g/mol. The van der Waals surface area contributed by atoms with Crippen LogP contribution in [0.1, 0.15) is 57.1 Å². The van der Waals surface area contributed by atoms with E-state index in [4.69, 9.17) is 9.26 Å². The first kappa shape index (κ1) is 30.0. The van der Waals surface area contributed by atoms with Crippen molar-refractivity contribution in [2.24, 2.45) is 0 Å². The molecule has 1 fully saturated rings. The zero-order valence-electron chi connectivity index (χ0n) is 23.5. The molecule has 1 heterocycles. The molecule has 1 aliphatic heterocycles. The summed E-state index contributed by atoms with van der Waals surface area (Å²) in [6.45, 7) is 3.32. The number of fused-ring (bicyclic) bond motifs is 1. The quantitative estimate of drug-likeness (QED) is 0.331. The van der Waals surface area contributed by atoms with Gasteiger partial charge in [-0.05, 0) is 63.1 Å². The van der Waals surface area contributed by atoms with E-state index in [0.717, 1.165) is 11.1 Å². The van der Waals surface area contributed by atoms with Gasteiger partial charge in [0, 0.05) is 12.7 Å². The lowest BCUT2D eigenvalue weighted by molar-refractivity contribution is -0.143. The summed E-state index contributed by atoms with van der Waals surface area (Å²) in [7, 11) is -2.94. The van der Waals surface area contributed by atoms with E-state index in [0.29, 0.717) is 37.8 Å². The van der Waals surface area contributed by atoms with Crippen molar-refractivity contribution in [1.29, 1.82) is 0 Å². The molecule has 0 radical (unpaired) electrons. The number of hydrogen-bond donors (Lipinski definition) is 1. The van der Waals surface area contributed by atoms with Gasteiger partial charge < -0.3 is 19.1 Å². The van der Waals surface area contributed by atoms with Crippen LogP contribution in [0.25, 0.3) is 0 Å². The number of ether oxygens (including phenoxy) is 1. The topological polar surface area (TPSA) is 113 Å². The van der Waals surface area contributed by atoms with E-state index in [1.54, 1.807) is 26.0 Å². The summed E-state index contributed by atoms with van der Waals surface area (Å²) in [6.07, 6.45) is 2.27. The zero-order valence-corrected chi connectivity index (χ0v) is 24.3. The number of carbonyl (C=O) groups is 3. The maximum atomic E-state index is 14.2. The van der Waals surface area contributed by atoms with Gasteiger partial charge in [-0.3, -0.25) is 23.8 Å². The third-order valence-electron chi connectivity index (χ3n) is 7.96. The first-order chi connectivity index (χ1) is 19.1. The molecule has 3 atom stereocenters. The molecular formula is C30H39N2O7P. The minimum atomic E-state index is -4.45. The summed E-state index contributed by atoms with van der Waals surface area (Å²) in [5, 5.41) is -1.63. The van der Waals surface area contributed by atoms with Crippen molar-refractivity contribution in [2.75, 3.05) is 25.1 Å². The van der Waals surface area contributed by atoms with Gasteiger partial charge in [-0.25, -0.2) is 0 Å². The predicted molar refractivity (Wildman–Crippen MR) is 152 cm³/mol. The molecule has 1 saturated carbocycles. The molecule has 9 nitrogen and oxygen atoms in total. The van der Waals surface area contributed by atoms with Crippen molar-refractivity contribution in [1.82, 2.24) is 4.90 Å². The number of hydrogen-bond acceptors (Lipinski definition) is 6. The fraction of sp³-hybridized carbons (Fsp3) is 0.500. The number of para-hydroxylation sites is 1. The summed E-state index contributed by atoms with van der Waals surface area (Å²) in [6, 6.07) is 15.9. The van der Waals surface area contributed by atoms with Crippen LogP contribution in [0.15, 0.2) is 54.6 Å². The third-order valence-corrected chi connectivity index (χ3v) is 10.3. The van der Waals surface area contributed by atoms with Gasteiger partial charge in [0.25, 0.3) is 0 Å². The molecule has 1 N–H and O–H groups in total. The second kappa shape index (κ2) is 12.7. The first-order valence-corrected chi connectivity index (χ1v) is 15.5. The van der Waals surface area contributed by atoms with Crippen molar-refractivity contribution >= 4 is 31.1 Å². The van der Waals surface area contributed by atoms with Gasteiger partial charge in [0.05, 0.1) is 12.7 Å². The fourth-order valence-corrected chi connectivity index (χ4v) is 7.98. The molecule has 40 heavy (non-hydrogen) atoms. The molecule has 2 aliphatic rings. The predicted octanol–water partition coefficient (Wildman–Crippen LogP) is 4.50. The van der Waals surface area contributed by atoms with E-state index in [1.165, 1.54) is 16.8 Å². The number of nitrogens with zero attached hydrogens (tertiary/aromatic N) is 2. The minimum Gasteiger partial charge on any atom is -0.465 e.